The molecule has 0 heterocycles. The number of aldehydes is 1. The molecular weight excluding hydrogens is 211 g/mol. The largest absolute Gasteiger partial charge is 0.496 e. The fourth-order valence-electron chi connectivity index (χ4n) is 1.65. The van der Waals surface area contributed by atoms with Gasteiger partial charge >= 0.3 is 0 Å². The van der Waals surface area contributed by atoms with E-state index in [0.717, 1.165) is 11.8 Å². The summed E-state index contributed by atoms with van der Waals surface area (Å²) in [5, 5.41) is 0. The topological polar surface area (TPSA) is 35.5 Å². The molecule has 1 unspecified atom stereocenters. The van der Waals surface area contributed by atoms with Gasteiger partial charge in [0.15, 0.2) is 0 Å². The van der Waals surface area contributed by atoms with Crippen molar-refractivity contribution in [3.8, 4) is 11.5 Å². The standard InChI is InChI=1S/C12H15FO3/c1-8(4-5-14)12-10(15-2)6-9(13)7-11(12)16-3/h5-8H,4H2,1-3H3. The minimum atomic E-state index is -0.421. The maximum absolute atomic E-state index is 13.2. The zero-order chi connectivity index (χ0) is 12.1. The minimum absolute atomic E-state index is 0.0667. The van der Waals surface area contributed by atoms with Gasteiger partial charge in [0.25, 0.3) is 0 Å². The fraction of sp³-hybridized carbons (Fsp3) is 0.417. The monoisotopic (exact) mass is 226 g/mol. The molecular formula is C12H15FO3. The van der Waals surface area contributed by atoms with Crippen LogP contribution in [0.3, 0.4) is 0 Å². The molecule has 0 N–H and O–H groups in total. The molecule has 88 valence electrons. The van der Waals surface area contributed by atoms with Crippen molar-refractivity contribution in [1.82, 2.24) is 0 Å². The average molecular weight is 226 g/mol. The SMILES string of the molecule is COc1cc(F)cc(OC)c1C(C)CC=O. The molecule has 0 fully saturated rings. The third kappa shape index (κ3) is 2.51. The molecule has 0 saturated carbocycles. The van der Waals surface area contributed by atoms with Crippen LogP contribution in [0, 0.1) is 5.82 Å². The van der Waals surface area contributed by atoms with E-state index in [2.05, 4.69) is 0 Å². The highest BCUT2D eigenvalue weighted by Gasteiger charge is 2.18. The number of rotatable bonds is 5. The predicted octanol–water partition coefficient (Wildman–Crippen LogP) is 2.54. The van der Waals surface area contributed by atoms with E-state index >= 15 is 0 Å². The molecule has 0 aliphatic carbocycles. The van der Waals surface area contributed by atoms with Crippen LogP contribution in [0.1, 0.15) is 24.8 Å². The summed E-state index contributed by atoms with van der Waals surface area (Å²) in [7, 11) is 2.93. The highest BCUT2D eigenvalue weighted by molar-refractivity contribution is 5.55. The van der Waals surface area contributed by atoms with Crippen molar-refractivity contribution >= 4 is 6.29 Å². The van der Waals surface area contributed by atoms with Gasteiger partial charge in [-0.25, -0.2) is 4.39 Å². The lowest BCUT2D eigenvalue weighted by molar-refractivity contribution is -0.108. The third-order valence-electron chi connectivity index (χ3n) is 2.45. The molecule has 0 spiro atoms. The van der Waals surface area contributed by atoms with Crippen LogP contribution < -0.4 is 9.47 Å². The van der Waals surface area contributed by atoms with Gasteiger partial charge in [0.2, 0.25) is 0 Å². The molecule has 0 aliphatic rings. The zero-order valence-corrected chi connectivity index (χ0v) is 9.62. The van der Waals surface area contributed by atoms with E-state index in [1.54, 1.807) is 0 Å². The second kappa shape index (κ2) is 5.49. The van der Waals surface area contributed by atoms with E-state index in [0.29, 0.717) is 17.9 Å². The average Bonchev–Trinajstić information content (AvgIpc) is 2.27. The van der Waals surface area contributed by atoms with Crippen LogP contribution in [0.25, 0.3) is 0 Å². The van der Waals surface area contributed by atoms with Gasteiger partial charge < -0.3 is 14.3 Å². The van der Waals surface area contributed by atoms with Crippen LogP contribution >= 0.6 is 0 Å². The Kier molecular flexibility index (Phi) is 4.28. The van der Waals surface area contributed by atoms with Gasteiger partial charge in [0, 0.05) is 24.1 Å². The molecule has 16 heavy (non-hydrogen) atoms. The van der Waals surface area contributed by atoms with Gasteiger partial charge in [-0.15, -0.1) is 0 Å². The lowest BCUT2D eigenvalue weighted by Gasteiger charge is -2.17. The zero-order valence-electron chi connectivity index (χ0n) is 9.62. The molecule has 4 heteroatoms. The highest BCUT2D eigenvalue weighted by Crippen LogP contribution is 2.37. The number of carbonyl (C=O) groups excluding carboxylic acids is 1. The van der Waals surface area contributed by atoms with Crippen molar-refractivity contribution in [3.05, 3.63) is 23.5 Å². The van der Waals surface area contributed by atoms with E-state index in [4.69, 9.17) is 9.47 Å². The van der Waals surface area contributed by atoms with Crippen molar-refractivity contribution in [2.75, 3.05) is 14.2 Å². The summed E-state index contributed by atoms with van der Waals surface area (Å²) in [5.74, 6) is 0.330. The second-order valence-electron chi connectivity index (χ2n) is 3.53. The summed E-state index contributed by atoms with van der Waals surface area (Å²) < 4.78 is 23.4. The van der Waals surface area contributed by atoms with E-state index < -0.39 is 5.82 Å². The Hall–Kier alpha value is -1.58. The van der Waals surface area contributed by atoms with Gasteiger partial charge in [-0.3, -0.25) is 0 Å². The van der Waals surface area contributed by atoms with Crippen molar-refractivity contribution < 1.29 is 18.7 Å². The first-order chi connectivity index (χ1) is 7.63. The molecule has 1 rings (SSSR count). The Morgan fingerprint density at radius 3 is 2.19 bits per heavy atom. The van der Waals surface area contributed by atoms with Gasteiger partial charge in [-0.05, 0) is 5.92 Å². The van der Waals surface area contributed by atoms with Crippen molar-refractivity contribution in [2.45, 2.75) is 19.3 Å². The molecule has 0 saturated heterocycles. The van der Waals surface area contributed by atoms with Gasteiger partial charge in [-0.1, -0.05) is 6.92 Å². The summed E-state index contributed by atoms with van der Waals surface area (Å²) in [5.41, 5.74) is 0.721. The number of halogens is 1. The summed E-state index contributed by atoms with van der Waals surface area (Å²) in [6.07, 6.45) is 1.17. The number of methoxy groups -OCH3 is 2. The molecule has 1 atom stereocenters. The third-order valence-corrected chi connectivity index (χ3v) is 2.45. The summed E-state index contributed by atoms with van der Waals surface area (Å²) >= 11 is 0. The van der Waals surface area contributed by atoms with Gasteiger partial charge in [-0.2, -0.15) is 0 Å². The van der Waals surface area contributed by atoms with Crippen LogP contribution in [-0.2, 0) is 4.79 Å². The van der Waals surface area contributed by atoms with Crippen molar-refractivity contribution in [2.24, 2.45) is 0 Å². The number of ether oxygens (including phenoxy) is 2. The number of carbonyl (C=O) groups is 1. The number of hydrogen-bond donors (Lipinski definition) is 0. The van der Waals surface area contributed by atoms with Crippen LogP contribution in [-0.4, -0.2) is 20.5 Å². The number of hydrogen-bond acceptors (Lipinski definition) is 3. The molecule has 0 aromatic heterocycles. The maximum Gasteiger partial charge on any atom is 0.130 e. The van der Waals surface area contributed by atoms with Gasteiger partial charge in [0.05, 0.1) is 14.2 Å². The Bertz CT molecular complexity index is 352. The summed E-state index contributed by atoms with van der Waals surface area (Å²) in [6.45, 7) is 1.87. The second-order valence-corrected chi connectivity index (χ2v) is 3.53. The molecule has 0 radical (unpaired) electrons. The highest BCUT2D eigenvalue weighted by atomic mass is 19.1. The molecule has 0 amide bonds. The maximum atomic E-state index is 13.2. The molecule has 1 aromatic carbocycles. The Morgan fingerprint density at radius 1 is 1.31 bits per heavy atom. The van der Waals surface area contributed by atoms with Gasteiger partial charge in [0.1, 0.15) is 23.6 Å². The first-order valence-electron chi connectivity index (χ1n) is 4.99. The first kappa shape index (κ1) is 12.5. The lowest BCUT2D eigenvalue weighted by Crippen LogP contribution is -2.02. The Labute approximate surface area is 94.2 Å². The normalized spacial score (nSPS) is 12.0. The molecule has 0 aliphatic heterocycles. The van der Waals surface area contributed by atoms with Crippen LogP contribution in [0.5, 0.6) is 11.5 Å². The first-order valence-corrected chi connectivity index (χ1v) is 4.99. The van der Waals surface area contributed by atoms with E-state index in [1.165, 1.54) is 26.4 Å². The molecule has 3 nitrogen and oxygen atoms in total. The van der Waals surface area contributed by atoms with E-state index in [9.17, 15) is 9.18 Å². The number of benzene rings is 1. The van der Waals surface area contributed by atoms with Crippen LogP contribution in [0.2, 0.25) is 0 Å². The van der Waals surface area contributed by atoms with E-state index in [1.807, 2.05) is 6.92 Å². The van der Waals surface area contributed by atoms with Crippen LogP contribution in [0.4, 0.5) is 4.39 Å². The molecule has 1 aromatic rings. The predicted molar refractivity (Wildman–Crippen MR) is 58.6 cm³/mol. The minimum Gasteiger partial charge on any atom is -0.496 e. The quantitative estimate of drug-likeness (QED) is 0.724. The van der Waals surface area contributed by atoms with Crippen molar-refractivity contribution in [1.29, 1.82) is 0 Å². The fourth-order valence-corrected chi connectivity index (χ4v) is 1.65. The summed E-state index contributed by atoms with van der Waals surface area (Å²) in [6, 6.07) is 2.58. The summed E-state index contributed by atoms with van der Waals surface area (Å²) in [4.78, 5) is 10.5. The Morgan fingerprint density at radius 2 is 1.81 bits per heavy atom. The lowest BCUT2D eigenvalue weighted by atomic mass is 9.96. The molecule has 0 bridgehead atoms. The van der Waals surface area contributed by atoms with E-state index in [-0.39, 0.29) is 5.92 Å². The van der Waals surface area contributed by atoms with Crippen LogP contribution in [0.15, 0.2) is 12.1 Å². The smallest absolute Gasteiger partial charge is 0.130 e. The van der Waals surface area contributed by atoms with Crippen molar-refractivity contribution in [3.63, 3.8) is 0 Å². The Balaban J connectivity index is 3.26.